The Morgan fingerprint density at radius 1 is 0.886 bits per heavy atom. The number of esters is 1. The number of rotatable bonds is 8. The molecule has 3 aromatic carbocycles. The number of nitrogens with zero attached hydrogens (tertiary/aromatic N) is 1. The fourth-order valence-corrected chi connectivity index (χ4v) is 3.07. The first-order valence-corrected chi connectivity index (χ1v) is 10.2. The second kappa shape index (κ2) is 11.3. The van der Waals surface area contributed by atoms with Crippen LogP contribution in [0.1, 0.15) is 15.9 Å². The van der Waals surface area contributed by atoms with Crippen molar-refractivity contribution in [3.63, 3.8) is 0 Å². The van der Waals surface area contributed by atoms with E-state index in [-0.39, 0.29) is 22.6 Å². The van der Waals surface area contributed by atoms with E-state index in [1.54, 1.807) is 18.2 Å². The van der Waals surface area contributed by atoms with E-state index >= 15 is 0 Å². The molecular weight excluding hydrogens is 455 g/mol. The van der Waals surface area contributed by atoms with E-state index in [1.807, 2.05) is 6.07 Å². The molecule has 0 atom stereocenters. The molecular formula is C26H21FN2O6. The smallest absolute Gasteiger partial charge is 0.346 e. The number of nitriles is 1. The molecule has 0 unspecified atom stereocenters. The lowest BCUT2D eigenvalue weighted by molar-refractivity contribution is -0.112. The van der Waals surface area contributed by atoms with E-state index in [1.165, 1.54) is 63.8 Å². The van der Waals surface area contributed by atoms with Crippen molar-refractivity contribution >= 4 is 23.6 Å². The maximum Gasteiger partial charge on any atom is 0.346 e. The number of hydrogen-bond donors (Lipinski definition) is 1. The van der Waals surface area contributed by atoms with Gasteiger partial charge in [-0.3, -0.25) is 4.79 Å². The number of amides is 1. The Labute approximate surface area is 201 Å². The molecule has 0 spiro atoms. The molecule has 3 rings (SSSR count). The Hall–Kier alpha value is -4.84. The monoisotopic (exact) mass is 476 g/mol. The van der Waals surface area contributed by atoms with Gasteiger partial charge in [0.2, 0.25) is 0 Å². The highest BCUT2D eigenvalue weighted by atomic mass is 19.1. The van der Waals surface area contributed by atoms with Crippen LogP contribution >= 0.6 is 0 Å². The number of methoxy groups -OCH3 is 3. The van der Waals surface area contributed by atoms with Crippen molar-refractivity contribution in [2.75, 3.05) is 26.6 Å². The highest BCUT2D eigenvalue weighted by Gasteiger charge is 2.17. The Morgan fingerprint density at radius 3 is 2.20 bits per heavy atom. The summed E-state index contributed by atoms with van der Waals surface area (Å²) in [5.41, 5.74) is 0.434. The average molecular weight is 476 g/mol. The number of carbonyl (C=O) groups is 2. The number of hydrogen-bond acceptors (Lipinski definition) is 7. The van der Waals surface area contributed by atoms with Crippen LogP contribution in [0.15, 0.2) is 66.2 Å². The standard InChI is InChI=1S/C26H21FN2O6/c1-32-21-11-9-18(14-24(21)34-3)29-25(30)17(15-28)12-16-8-10-22(23(13-16)33-2)35-26(31)19-6-4-5-7-20(19)27/h4-14H,1-3H3,(H,29,30)/b17-12+. The molecule has 178 valence electrons. The predicted molar refractivity (Wildman–Crippen MR) is 126 cm³/mol. The number of anilines is 1. The number of halogens is 1. The van der Waals surface area contributed by atoms with Gasteiger partial charge in [0.15, 0.2) is 23.0 Å². The van der Waals surface area contributed by atoms with E-state index < -0.39 is 17.7 Å². The minimum atomic E-state index is -0.892. The van der Waals surface area contributed by atoms with Crippen molar-refractivity contribution < 1.29 is 32.9 Å². The summed E-state index contributed by atoms with van der Waals surface area (Å²) in [5.74, 6) is -1.14. The van der Waals surface area contributed by atoms with Gasteiger partial charge in [0.1, 0.15) is 17.5 Å². The van der Waals surface area contributed by atoms with E-state index in [4.69, 9.17) is 18.9 Å². The van der Waals surface area contributed by atoms with Gasteiger partial charge in [-0.2, -0.15) is 5.26 Å². The molecule has 9 heteroatoms. The zero-order valence-corrected chi connectivity index (χ0v) is 19.1. The van der Waals surface area contributed by atoms with Gasteiger partial charge in [-0.25, -0.2) is 9.18 Å². The molecule has 0 heterocycles. The summed E-state index contributed by atoms with van der Waals surface area (Å²) in [5, 5.41) is 12.1. The van der Waals surface area contributed by atoms with Crippen LogP contribution in [0.3, 0.4) is 0 Å². The average Bonchev–Trinajstić information content (AvgIpc) is 2.87. The second-order valence-corrected chi connectivity index (χ2v) is 6.97. The first kappa shape index (κ1) is 24.8. The van der Waals surface area contributed by atoms with Crippen LogP contribution in [-0.2, 0) is 4.79 Å². The summed E-state index contributed by atoms with van der Waals surface area (Å²) in [7, 11) is 4.32. The molecule has 1 N–H and O–H groups in total. The molecule has 1 amide bonds. The Morgan fingerprint density at radius 2 is 1.54 bits per heavy atom. The Balaban J connectivity index is 1.80. The van der Waals surface area contributed by atoms with Crippen molar-refractivity contribution in [1.29, 1.82) is 5.26 Å². The largest absolute Gasteiger partial charge is 0.493 e. The third-order valence-corrected chi connectivity index (χ3v) is 4.80. The summed E-state index contributed by atoms with van der Waals surface area (Å²) in [6, 6.07) is 16.5. The predicted octanol–water partition coefficient (Wildman–Crippen LogP) is 4.62. The fraction of sp³-hybridized carbons (Fsp3) is 0.115. The molecule has 0 saturated carbocycles. The van der Waals surface area contributed by atoms with E-state index in [9.17, 15) is 19.2 Å². The Bertz CT molecular complexity index is 1330. The van der Waals surface area contributed by atoms with Crippen molar-refractivity contribution in [2.45, 2.75) is 0 Å². The van der Waals surface area contributed by atoms with Crippen LogP contribution in [0, 0.1) is 17.1 Å². The lowest BCUT2D eigenvalue weighted by Gasteiger charge is -2.11. The van der Waals surface area contributed by atoms with Gasteiger partial charge >= 0.3 is 5.97 Å². The summed E-state index contributed by atoms with van der Waals surface area (Å²) in [6.45, 7) is 0. The topological polar surface area (TPSA) is 107 Å². The molecule has 0 aliphatic carbocycles. The van der Waals surface area contributed by atoms with E-state index in [0.29, 0.717) is 22.7 Å². The van der Waals surface area contributed by atoms with Gasteiger partial charge in [-0.05, 0) is 48.0 Å². The molecule has 8 nitrogen and oxygen atoms in total. The SMILES string of the molecule is COc1ccc(NC(=O)/C(C#N)=C/c2ccc(OC(=O)c3ccccc3F)c(OC)c2)cc1OC. The highest BCUT2D eigenvalue weighted by molar-refractivity contribution is 6.09. The van der Waals surface area contributed by atoms with Crippen molar-refractivity contribution in [3.05, 3.63) is 83.2 Å². The lowest BCUT2D eigenvalue weighted by atomic mass is 10.1. The maximum atomic E-state index is 13.9. The van der Waals surface area contributed by atoms with E-state index in [0.717, 1.165) is 6.07 Å². The summed E-state index contributed by atoms with van der Waals surface area (Å²) >= 11 is 0. The van der Waals surface area contributed by atoms with Gasteiger partial charge in [0, 0.05) is 11.8 Å². The first-order valence-electron chi connectivity index (χ1n) is 10.2. The molecule has 35 heavy (non-hydrogen) atoms. The Kier molecular flexibility index (Phi) is 8.03. The van der Waals surface area contributed by atoms with Crippen molar-refractivity contribution in [1.82, 2.24) is 0 Å². The first-order chi connectivity index (χ1) is 16.9. The molecule has 0 bridgehead atoms. The van der Waals surface area contributed by atoms with Crippen LogP contribution in [0.4, 0.5) is 10.1 Å². The van der Waals surface area contributed by atoms with Crippen molar-refractivity contribution in [3.8, 4) is 29.1 Å². The van der Waals surface area contributed by atoms with Crippen LogP contribution in [-0.4, -0.2) is 33.2 Å². The zero-order valence-electron chi connectivity index (χ0n) is 19.1. The van der Waals surface area contributed by atoms with Crippen LogP contribution in [0.5, 0.6) is 23.0 Å². The molecule has 0 radical (unpaired) electrons. The third kappa shape index (κ3) is 5.94. The minimum absolute atomic E-state index is 0.0474. The quantitative estimate of drug-likeness (QED) is 0.219. The second-order valence-electron chi connectivity index (χ2n) is 6.97. The third-order valence-electron chi connectivity index (χ3n) is 4.80. The number of benzene rings is 3. The normalized spacial score (nSPS) is 10.7. The summed E-state index contributed by atoms with van der Waals surface area (Å²) < 4.78 is 34.8. The number of ether oxygens (including phenoxy) is 4. The minimum Gasteiger partial charge on any atom is -0.493 e. The molecule has 0 aliphatic heterocycles. The highest BCUT2D eigenvalue weighted by Crippen LogP contribution is 2.31. The fourth-order valence-electron chi connectivity index (χ4n) is 3.07. The maximum absolute atomic E-state index is 13.9. The van der Waals surface area contributed by atoms with Gasteiger partial charge in [-0.15, -0.1) is 0 Å². The number of carbonyl (C=O) groups excluding carboxylic acids is 2. The summed E-state index contributed by atoms with van der Waals surface area (Å²) in [6.07, 6.45) is 1.35. The zero-order chi connectivity index (χ0) is 25.4. The van der Waals surface area contributed by atoms with Gasteiger partial charge in [0.05, 0.1) is 26.9 Å². The van der Waals surface area contributed by atoms with Crippen LogP contribution < -0.4 is 24.3 Å². The van der Waals surface area contributed by atoms with Gasteiger partial charge in [0.25, 0.3) is 5.91 Å². The van der Waals surface area contributed by atoms with Crippen LogP contribution in [0.2, 0.25) is 0 Å². The van der Waals surface area contributed by atoms with Gasteiger partial charge < -0.3 is 24.3 Å². The molecule has 0 saturated heterocycles. The lowest BCUT2D eigenvalue weighted by Crippen LogP contribution is -2.13. The molecule has 0 aromatic heterocycles. The van der Waals surface area contributed by atoms with Gasteiger partial charge in [-0.1, -0.05) is 18.2 Å². The van der Waals surface area contributed by atoms with E-state index in [2.05, 4.69) is 5.32 Å². The van der Waals surface area contributed by atoms with Crippen molar-refractivity contribution in [2.24, 2.45) is 0 Å². The number of nitrogens with one attached hydrogen (secondary N) is 1. The molecule has 0 fully saturated rings. The summed E-state index contributed by atoms with van der Waals surface area (Å²) in [4.78, 5) is 25.0. The molecule has 0 aliphatic rings. The molecule has 3 aromatic rings. The van der Waals surface area contributed by atoms with Crippen LogP contribution in [0.25, 0.3) is 6.08 Å².